The summed E-state index contributed by atoms with van der Waals surface area (Å²) in [6.07, 6.45) is 4.42. The van der Waals surface area contributed by atoms with Gasteiger partial charge in [-0.1, -0.05) is 57.2 Å². The van der Waals surface area contributed by atoms with Crippen LogP contribution in [0.25, 0.3) is 0 Å². The van der Waals surface area contributed by atoms with E-state index in [1.165, 1.54) is 33.4 Å². The lowest BCUT2D eigenvalue weighted by molar-refractivity contribution is 1.02. The van der Waals surface area contributed by atoms with Gasteiger partial charge in [-0.15, -0.1) is 0 Å². The van der Waals surface area contributed by atoms with E-state index in [2.05, 4.69) is 64.1 Å². The van der Waals surface area contributed by atoms with Crippen molar-refractivity contribution in [1.82, 2.24) is 0 Å². The molecule has 2 aromatic carbocycles. The first kappa shape index (κ1) is 14.8. The van der Waals surface area contributed by atoms with Crippen LogP contribution in [0.15, 0.2) is 36.4 Å². The van der Waals surface area contributed by atoms with Crippen molar-refractivity contribution in [1.29, 1.82) is 0 Å². The molecular weight excluding hydrogens is 240 g/mol. The second kappa shape index (κ2) is 6.74. The molecule has 0 heterocycles. The lowest BCUT2D eigenvalue weighted by Gasteiger charge is -2.13. The standard InChI is InChI=1S/C20H26/c1-5-16-8-10-17(11-9-16)13-20-12-15(4)18(6-2)14-19(20)7-3/h8-12,14H,5-7,13H2,1-4H3. The summed E-state index contributed by atoms with van der Waals surface area (Å²) in [5.41, 5.74) is 8.76. The fourth-order valence-corrected chi connectivity index (χ4v) is 2.85. The van der Waals surface area contributed by atoms with Crippen molar-refractivity contribution in [3.05, 3.63) is 69.8 Å². The summed E-state index contributed by atoms with van der Waals surface area (Å²) < 4.78 is 0. The van der Waals surface area contributed by atoms with Crippen LogP contribution in [-0.2, 0) is 25.7 Å². The minimum absolute atomic E-state index is 1.05. The predicted octanol–water partition coefficient (Wildman–Crippen LogP) is 5.27. The van der Waals surface area contributed by atoms with Crippen LogP contribution in [0.3, 0.4) is 0 Å². The maximum Gasteiger partial charge on any atom is -0.00229 e. The molecule has 2 aromatic rings. The number of hydrogen-bond acceptors (Lipinski definition) is 0. The molecule has 0 aliphatic rings. The normalized spacial score (nSPS) is 10.8. The monoisotopic (exact) mass is 266 g/mol. The molecule has 0 radical (unpaired) electrons. The lowest BCUT2D eigenvalue weighted by Crippen LogP contribution is -1.99. The SMILES string of the molecule is CCc1ccc(Cc2cc(C)c(CC)cc2CC)cc1. The quantitative estimate of drug-likeness (QED) is 0.691. The van der Waals surface area contributed by atoms with Gasteiger partial charge in [0.25, 0.3) is 0 Å². The van der Waals surface area contributed by atoms with E-state index in [4.69, 9.17) is 0 Å². The van der Waals surface area contributed by atoms with E-state index < -0.39 is 0 Å². The molecule has 0 spiro atoms. The maximum absolute atomic E-state index is 2.41. The van der Waals surface area contributed by atoms with Crippen molar-refractivity contribution in [2.24, 2.45) is 0 Å². The van der Waals surface area contributed by atoms with E-state index in [0.29, 0.717) is 0 Å². The zero-order valence-corrected chi connectivity index (χ0v) is 13.3. The van der Waals surface area contributed by atoms with E-state index in [1.54, 1.807) is 0 Å². The highest BCUT2D eigenvalue weighted by molar-refractivity contribution is 5.41. The number of rotatable bonds is 5. The summed E-state index contributed by atoms with van der Waals surface area (Å²) in [6.45, 7) is 8.94. The van der Waals surface area contributed by atoms with Crippen LogP contribution in [0.5, 0.6) is 0 Å². The molecule has 0 N–H and O–H groups in total. The molecular formula is C20H26. The molecule has 0 unspecified atom stereocenters. The predicted molar refractivity (Wildman–Crippen MR) is 88.6 cm³/mol. The van der Waals surface area contributed by atoms with Gasteiger partial charge in [0, 0.05) is 0 Å². The Labute approximate surface area is 123 Å². The molecule has 0 nitrogen and oxygen atoms in total. The molecule has 0 bridgehead atoms. The Bertz CT molecular complexity index is 561. The fraction of sp³-hybridized carbons (Fsp3) is 0.400. The summed E-state index contributed by atoms with van der Waals surface area (Å²) in [6, 6.07) is 13.9. The topological polar surface area (TPSA) is 0 Å². The van der Waals surface area contributed by atoms with Crippen LogP contribution in [0.2, 0.25) is 0 Å². The summed E-state index contributed by atoms with van der Waals surface area (Å²) in [4.78, 5) is 0. The highest BCUT2D eigenvalue weighted by Crippen LogP contribution is 2.21. The first-order valence-electron chi connectivity index (χ1n) is 7.87. The highest BCUT2D eigenvalue weighted by atomic mass is 14.1. The first-order valence-corrected chi connectivity index (χ1v) is 7.87. The first-order chi connectivity index (χ1) is 9.67. The van der Waals surface area contributed by atoms with Crippen molar-refractivity contribution in [2.45, 2.75) is 53.4 Å². The van der Waals surface area contributed by atoms with Crippen molar-refractivity contribution < 1.29 is 0 Å². The lowest BCUT2D eigenvalue weighted by atomic mass is 9.92. The second-order valence-electron chi connectivity index (χ2n) is 5.60. The Morgan fingerprint density at radius 2 is 1.25 bits per heavy atom. The van der Waals surface area contributed by atoms with Crippen molar-refractivity contribution in [3.8, 4) is 0 Å². The molecule has 0 heteroatoms. The molecule has 2 rings (SSSR count). The summed E-state index contributed by atoms with van der Waals surface area (Å²) in [5, 5.41) is 0. The van der Waals surface area contributed by atoms with Crippen LogP contribution in [-0.4, -0.2) is 0 Å². The van der Waals surface area contributed by atoms with Crippen molar-refractivity contribution >= 4 is 0 Å². The third kappa shape index (κ3) is 3.30. The minimum Gasteiger partial charge on any atom is -0.0613 e. The fourth-order valence-electron chi connectivity index (χ4n) is 2.85. The third-order valence-corrected chi connectivity index (χ3v) is 4.25. The van der Waals surface area contributed by atoms with Crippen molar-refractivity contribution in [2.75, 3.05) is 0 Å². The average molecular weight is 266 g/mol. The highest BCUT2D eigenvalue weighted by Gasteiger charge is 2.06. The molecule has 106 valence electrons. The average Bonchev–Trinajstić information content (AvgIpc) is 2.48. The molecule has 0 aromatic heterocycles. The van der Waals surface area contributed by atoms with E-state index in [1.807, 2.05) is 0 Å². The van der Waals surface area contributed by atoms with E-state index >= 15 is 0 Å². The Morgan fingerprint density at radius 3 is 1.80 bits per heavy atom. The molecule has 0 amide bonds. The molecule has 20 heavy (non-hydrogen) atoms. The molecule has 0 atom stereocenters. The van der Waals surface area contributed by atoms with Gasteiger partial charge in [-0.3, -0.25) is 0 Å². The number of aryl methyl sites for hydroxylation is 4. The van der Waals surface area contributed by atoms with Crippen LogP contribution < -0.4 is 0 Å². The molecule has 0 fully saturated rings. The van der Waals surface area contributed by atoms with Gasteiger partial charge in [0.1, 0.15) is 0 Å². The zero-order chi connectivity index (χ0) is 14.5. The van der Waals surface area contributed by atoms with Crippen LogP contribution in [0.1, 0.15) is 54.2 Å². The third-order valence-electron chi connectivity index (χ3n) is 4.25. The molecule has 0 aliphatic carbocycles. The van der Waals surface area contributed by atoms with Gasteiger partial charge in [0.15, 0.2) is 0 Å². The Morgan fingerprint density at radius 1 is 0.650 bits per heavy atom. The Hall–Kier alpha value is -1.56. The Kier molecular flexibility index (Phi) is 5.00. The van der Waals surface area contributed by atoms with Gasteiger partial charge in [-0.2, -0.15) is 0 Å². The van der Waals surface area contributed by atoms with Gasteiger partial charge in [0.2, 0.25) is 0 Å². The Balaban J connectivity index is 2.29. The molecule has 0 aliphatic heterocycles. The zero-order valence-electron chi connectivity index (χ0n) is 13.3. The van der Waals surface area contributed by atoms with Crippen LogP contribution in [0.4, 0.5) is 0 Å². The van der Waals surface area contributed by atoms with Gasteiger partial charge >= 0.3 is 0 Å². The summed E-state index contributed by atoms with van der Waals surface area (Å²) in [5.74, 6) is 0. The largest absolute Gasteiger partial charge is 0.0613 e. The van der Waals surface area contributed by atoms with E-state index in [9.17, 15) is 0 Å². The van der Waals surface area contributed by atoms with Crippen LogP contribution in [0, 0.1) is 6.92 Å². The van der Waals surface area contributed by atoms with Crippen LogP contribution >= 0.6 is 0 Å². The van der Waals surface area contributed by atoms with Gasteiger partial charge in [0.05, 0.1) is 0 Å². The van der Waals surface area contributed by atoms with Gasteiger partial charge < -0.3 is 0 Å². The van der Waals surface area contributed by atoms with E-state index in [0.717, 1.165) is 25.7 Å². The minimum atomic E-state index is 1.05. The smallest absolute Gasteiger partial charge is 0.00229 e. The summed E-state index contributed by atoms with van der Waals surface area (Å²) in [7, 11) is 0. The maximum atomic E-state index is 2.41. The molecule has 0 saturated heterocycles. The van der Waals surface area contributed by atoms with Crippen molar-refractivity contribution in [3.63, 3.8) is 0 Å². The van der Waals surface area contributed by atoms with Gasteiger partial charge in [-0.05, 0) is 66.0 Å². The molecule has 0 saturated carbocycles. The number of hydrogen-bond donors (Lipinski definition) is 0. The summed E-state index contributed by atoms with van der Waals surface area (Å²) >= 11 is 0. The number of benzene rings is 2. The van der Waals surface area contributed by atoms with E-state index in [-0.39, 0.29) is 0 Å². The second-order valence-corrected chi connectivity index (χ2v) is 5.60. The van der Waals surface area contributed by atoms with Gasteiger partial charge in [-0.25, -0.2) is 0 Å².